The van der Waals surface area contributed by atoms with E-state index < -0.39 is 0 Å². The highest BCUT2D eigenvalue weighted by Gasteiger charge is 2.27. The zero-order chi connectivity index (χ0) is 11.5. The molecule has 0 saturated carbocycles. The molecule has 0 aliphatic carbocycles. The maximum atomic E-state index is 4.15. The minimum atomic E-state index is 0.681. The predicted octanol–water partition coefficient (Wildman–Crippen LogP) is 1.92. The van der Waals surface area contributed by atoms with Crippen molar-refractivity contribution in [2.75, 3.05) is 26.7 Å². The fourth-order valence-corrected chi connectivity index (χ4v) is 2.96. The standard InChI is InChI=1S/C12H21N3S/c1-10(2)12-8-14(3)4-5-15(12)7-11-6-13-9-16-11/h6,9-10,12H,4-5,7-8H2,1-3H3. The van der Waals surface area contributed by atoms with E-state index in [1.54, 1.807) is 11.3 Å². The number of piperazine rings is 1. The Morgan fingerprint density at radius 1 is 1.50 bits per heavy atom. The molecule has 1 atom stereocenters. The molecule has 1 aromatic rings. The molecular weight excluding hydrogens is 218 g/mol. The van der Waals surface area contributed by atoms with E-state index >= 15 is 0 Å². The van der Waals surface area contributed by atoms with E-state index in [1.807, 2.05) is 11.7 Å². The smallest absolute Gasteiger partial charge is 0.0794 e. The van der Waals surface area contributed by atoms with Gasteiger partial charge < -0.3 is 4.90 Å². The van der Waals surface area contributed by atoms with Crippen LogP contribution in [0, 0.1) is 5.92 Å². The molecule has 1 saturated heterocycles. The number of hydrogen-bond donors (Lipinski definition) is 0. The van der Waals surface area contributed by atoms with Gasteiger partial charge in [-0.25, -0.2) is 0 Å². The normalized spacial score (nSPS) is 24.1. The first kappa shape index (κ1) is 12.0. The average Bonchev–Trinajstić information content (AvgIpc) is 2.73. The summed E-state index contributed by atoms with van der Waals surface area (Å²) in [7, 11) is 2.22. The van der Waals surface area contributed by atoms with Crippen LogP contribution in [0.1, 0.15) is 18.7 Å². The molecule has 16 heavy (non-hydrogen) atoms. The molecule has 0 radical (unpaired) electrons. The SMILES string of the molecule is CC(C)C1CN(C)CCN1Cc1cncs1. The minimum absolute atomic E-state index is 0.681. The van der Waals surface area contributed by atoms with Crippen molar-refractivity contribution < 1.29 is 0 Å². The van der Waals surface area contributed by atoms with Gasteiger partial charge in [0.25, 0.3) is 0 Å². The van der Waals surface area contributed by atoms with Crippen molar-refractivity contribution in [1.29, 1.82) is 0 Å². The topological polar surface area (TPSA) is 19.4 Å². The summed E-state index contributed by atoms with van der Waals surface area (Å²) in [5, 5.41) is 0. The summed E-state index contributed by atoms with van der Waals surface area (Å²) < 4.78 is 0. The van der Waals surface area contributed by atoms with Gasteiger partial charge in [0.05, 0.1) is 5.51 Å². The fraction of sp³-hybridized carbons (Fsp3) is 0.750. The highest BCUT2D eigenvalue weighted by Crippen LogP contribution is 2.20. The lowest BCUT2D eigenvalue weighted by molar-refractivity contribution is 0.0578. The molecule has 0 N–H and O–H groups in total. The Morgan fingerprint density at radius 3 is 2.94 bits per heavy atom. The minimum Gasteiger partial charge on any atom is -0.304 e. The molecule has 3 nitrogen and oxygen atoms in total. The third kappa shape index (κ3) is 2.81. The Balaban J connectivity index is 2.01. The number of aromatic nitrogens is 1. The molecule has 1 fully saturated rings. The monoisotopic (exact) mass is 239 g/mol. The van der Waals surface area contributed by atoms with Crippen molar-refractivity contribution in [2.24, 2.45) is 5.92 Å². The van der Waals surface area contributed by atoms with Crippen LogP contribution in [0.3, 0.4) is 0 Å². The van der Waals surface area contributed by atoms with Gasteiger partial charge in [-0.05, 0) is 13.0 Å². The summed E-state index contributed by atoms with van der Waals surface area (Å²) in [6.07, 6.45) is 2.00. The van der Waals surface area contributed by atoms with Crippen LogP contribution < -0.4 is 0 Å². The molecule has 2 heterocycles. The fourth-order valence-electron chi connectivity index (χ4n) is 2.34. The molecule has 0 spiro atoms. The predicted molar refractivity (Wildman–Crippen MR) is 68.6 cm³/mol. The summed E-state index contributed by atoms with van der Waals surface area (Å²) >= 11 is 1.76. The van der Waals surface area contributed by atoms with Crippen LogP contribution >= 0.6 is 11.3 Å². The molecule has 1 aromatic heterocycles. The Bertz CT molecular complexity index is 310. The van der Waals surface area contributed by atoms with Crippen molar-refractivity contribution in [2.45, 2.75) is 26.4 Å². The quantitative estimate of drug-likeness (QED) is 0.803. The molecule has 0 aromatic carbocycles. The second kappa shape index (κ2) is 5.25. The van der Waals surface area contributed by atoms with Gasteiger partial charge in [0, 0.05) is 43.3 Å². The Hall–Kier alpha value is -0.450. The summed E-state index contributed by atoms with van der Waals surface area (Å²) in [6, 6.07) is 0.681. The highest BCUT2D eigenvalue weighted by molar-refractivity contribution is 7.09. The van der Waals surface area contributed by atoms with Gasteiger partial charge in [-0.15, -0.1) is 11.3 Å². The zero-order valence-electron chi connectivity index (χ0n) is 10.4. The second-order valence-electron chi connectivity index (χ2n) is 5.01. The third-order valence-electron chi connectivity index (χ3n) is 3.35. The first-order valence-corrected chi connectivity index (χ1v) is 6.84. The molecule has 1 aliphatic heterocycles. The largest absolute Gasteiger partial charge is 0.304 e. The lowest BCUT2D eigenvalue weighted by Gasteiger charge is -2.42. The van der Waals surface area contributed by atoms with Gasteiger partial charge >= 0.3 is 0 Å². The molecular formula is C12H21N3S. The maximum Gasteiger partial charge on any atom is 0.0794 e. The van der Waals surface area contributed by atoms with Gasteiger partial charge in [-0.1, -0.05) is 13.8 Å². The number of nitrogens with zero attached hydrogens (tertiary/aromatic N) is 3. The lowest BCUT2D eigenvalue weighted by Crippen LogP contribution is -2.53. The van der Waals surface area contributed by atoms with E-state index in [9.17, 15) is 0 Å². The Labute approximate surface area is 102 Å². The van der Waals surface area contributed by atoms with E-state index in [0.717, 1.165) is 12.5 Å². The number of thiazole rings is 1. The van der Waals surface area contributed by atoms with Crippen molar-refractivity contribution in [3.63, 3.8) is 0 Å². The van der Waals surface area contributed by atoms with Crippen LogP contribution in [-0.2, 0) is 6.54 Å². The Kier molecular flexibility index (Phi) is 3.95. The van der Waals surface area contributed by atoms with Gasteiger partial charge in [0.1, 0.15) is 0 Å². The summed E-state index contributed by atoms with van der Waals surface area (Å²) in [5.74, 6) is 0.718. The molecule has 4 heteroatoms. The Morgan fingerprint density at radius 2 is 2.31 bits per heavy atom. The summed E-state index contributed by atoms with van der Waals surface area (Å²) in [4.78, 5) is 10.6. The van der Waals surface area contributed by atoms with Gasteiger partial charge in [-0.3, -0.25) is 9.88 Å². The zero-order valence-corrected chi connectivity index (χ0v) is 11.2. The van der Waals surface area contributed by atoms with Gasteiger partial charge in [-0.2, -0.15) is 0 Å². The van der Waals surface area contributed by atoms with E-state index in [0.29, 0.717) is 6.04 Å². The van der Waals surface area contributed by atoms with Crippen molar-refractivity contribution in [3.05, 3.63) is 16.6 Å². The number of likely N-dealkylation sites (N-methyl/N-ethyl adjacent to an activating group) is 1. The van der Waals surface area contributed by atoms with E-state index in [1.165, 1.54) is 24.5 Å². The molecule has 1 aliphatic rings. The lowest BCUT2D eigenvalue weighted by atomic mass is 10.00. The second-order valence-corrected chi connectivity index (χ2v) is 5.98. The van der Waals surface area contributed by atoms with Crippen LogP contribution in [0.25, 0.3) is 0 Å². The molecule has 1 unspecified atom stereocenters. The van der Waals surface area contributed by atoms with E-state index in [2.05, 4.69) is 35.7 Å². The first-order valence-electron chi connectivity index (χ1n) is 5.97. The van der Waals surface area contributed by atoms with E-state index in [-0.39, 0.29) is 0 Å². The van der Waals surface area contributed by atoms with Crippen LogP contribution in [0.5, 0.6) is 0 Å². The van der Waals surface area contributed by atoms with Crippen LogP contribution in [0.15, 0.2) is 11.7 Å². The number of rotatable bonds is 3. The third-order valence-corrected chi connectivity index (χ3v) is 4.11. The molecule has 0 bridgehead atoms. The highest BCUT2D eigenvalue weighted by atomic mass is 32.1. The first-order chi connectivity index (χ1) is 7.66. The molecule has 2 rings (SSSR count). The number of hydrogen-bond acceptors (Lipinski definition) is 4. The van der Waals surface area contributed by atoms with Crippen LogP contribution in [0.2, 0.25) is 0 Å². The average molecular weight is 239 g/mol. The van der Waals surface area contributed by atoms with Crippen molar-refractivity contribution >= 4 is 11.3 Å². The summed E-state index contributed by atoms with van der Waals surface area (Å²) in [5.41, 5.74) is 1.93. The van der Waals surface area contributed by atoms with Crippen molar-refractivity contribution in [3.8, 4) is 0 Å². The van der Waals surface area contributed by atoms with E-state index in [4.69, 9.17) is 0 Å². The van der Waals surface area contributed by atoms with Crippen LogP contribution in [0.4, 0.5) is 0 Å². The van der Waals surface area contributed by atoms with Crippen LogP contribution in [-0.4, -0.2) is 47.5 Å². The van der Waals surface area contributed by atoms with Gasteiger partial charge in [0.2, 0.25) is 0 Å². The maximum absolute atomic E-state index is 4.15. The summed E-state index contributed by atoms with van der Waals surface area (Å²) in [6.45, 7) is 9.27. The van der Waals surface area contributed by atoms with Crippen molar-refractivity contribution in [1.82, 2.24) is 14.8 Å². The molecule has 0 amide bonds. The molecule has 90 valence electrons. The van der Waals surface area contributed by atoms with Gasteiger partial charge in [0.15, 0.2) is 0 Å².